The lowest BCUT2D eigenvalue weighted by molar-refractivity contribution is -0.117. The minimum atomic E-state index is -0.745. The molecule has 2 aliphatic rings. The van der Waals surface area contributed by atoms with Gasteiger partial charge in [0.1, 0.15) is 6.61 Å². The molecule has 2 N–H and O–H groups in total. The molecule has 3 heterocycles. The number of anilines is 1. The summed E-state index contributed by atoms with van der Waals surface area (Å²) in [7, 11) is 0. The van der Waals surface area contributed by atoms with Gasteiger partial charge in [-0.3, -0.25) is 14.6 Å². The first-order valence-corrected chi connectivity index (χ1v) is 13.0. The van der Waals surface area contributed by atoms with Crippen LogP contribution < -0.4 is 5.32 Å². The molecule has 2 atom stereocenters. The van der Waals surface area contributed by atoms with E-state index in [0.717, 1.165) is 23.2 Å². The summed E-state index contributed by atoms with van der Waals surface area (Å²) < 4.78 is 5.56. The second-order valence-corrected chi connectivity index (χ2v) is 10.4. The number of benzene rings is 2. The summed E-state index contributed by atoms with van der Waals surface area (Å²) in [6.07, 6.45) is 0.301. The van der Waals surface area contributed by atoms with Crippen LogP contribution in [-0.2, 0) is 16.1 Å². The van der Waals surface area contributed by atoms with E-state index in [1.54, 1.807) is 4.90 Å². The van der Waals surface area contributed by atoms with Gasteiger partial charge in [-0.05, 0) is 25.3 Å². The quantitative estimate of drug-likeness (QED) is 0.527. The first-order valence-electron chi connectivity index (χ1n) is 12.1. The molecule has 5 rings (SSSR count). The SMILES string of the molecule is Cc1ccc(-c2csc(NC(=O)CN3C[C@H](O)[C@]4(CCCN4C(=O)OCc4ccccc4)C3)n2)cc1. The van der Waals surface area contributed by atoms with Crippen molar-refractivity contribution in [2.75, 3.05) is 31.5 Å². The van der Waals surface area contributed by atoms with E-state index in [4.69, 9.17) is 4.74 Å². The zero-order chi connectivity index (χ0) is 25.1. The van der Waals surface area contributed by atoms with Gasteiger partial charge in [0, 0.05) is 30.6 Å². The van der Waals surface area contributed by atoms with Crippen LogP contribution in [0.2, 0.25) is 0 Å². The van der Waals surface area contributed by atoms with Crippen LogP contribution in [0.3, 0.4) is 0 Å². The number of nitrogens with one attached hydrogen (secondary N) is 1. The highest BCUT2D eigenvalue weighted by molar-refractivity contribution is 7.14. The van der Waals surface area contributed by atoms with Crippen LogP contribution in [0.1, 0.15) is 24.0 Å². The van der Waals surface area contributed by atoms with E-state index in [1.165, 1.54) is 16.9 Å². The minimum Gasteiger partial charge on any atom is -0.445 e. The number of thiazole rings is 1. The van der Waals surface area contributed by atoms with Gasteiger partial charge < -0.3 is 15.2 Å². The van der Waals surface area contributed by atoms with E-state index < -0.39 is 17.7 Å². The average Bonchev–Trinajstić information content (AvgIpc) is 3.58. The fourth-order valence-corrected chi connectivity index (χ4v) is 5.86. The number of aromatic nitrogens is 1. The molecule has 2 amide bonds. The van der Waals surface area contributed by atoms with Crippen molar-refractivity contribution >= 4 is 28.5 Å². The molecule has 8 nitrogen and oxygen atoms in total. The van der Waals surface area contributed by atoms with E-state index >= 15 is 0 Å². The van der Waals surface area contributed by atoms with Crippen LogP contribution in [0.15, 0.2) is 60.0 Å². The number of carbonyl (C=O) groups excluding carboxylic acids is 2. The lowest BCUT2D eigenvalue weighted by Gasteiger charge is -2.36. The lowest BCUT2D eigenvalue weighted by Crippen LogP contribution is -2.55. The van der Waals surface area contributed by atoms with Crippen LogP contribution in [0, 0.1) is 6.92 Å². The van der Waals surface area contributed by atoms with E-state index in [1.807, 2.05) is 71.8 Å². The Labute approximate surface area is 214 Å². The Balaban J connectivity index is 1.17. The van der Waals surface area contributed by atoms with Crippen molar-refractivity contribution in [3.05, 3.63) is 71.1 Å². The normalized spacial score (nSPS) is 21.7. The number of aliphatic hydroxyl groups is 1. The van der Waals surface area contributed by atoms with Crippen molar-refractivity contribution in [2.45, 2.75) is 38.0 Å². The van der Waals surface area contributed by atoms with Gasteiger partial charge in [0.2, 0.25) is 5.91 Å². The Kier molecular flexibility index (Phi) is 7.04. The molecule has 36 heavy (non-hydrogen) atoms. The maximum absolute atomic E-state index is 12.9. The molecule has 2 aromatic carbocycles. The molecule has 0 bridgehead atoms. The van der Waals surface area contributed by atoms with Crippen LogP contribution in [-0.4, -0.2) is 69.7 Å². The van der Waals surface area contributed by atoms with Crippen molar-refractivity contribution in [1.82, 2.24) is 14.8 Å². The van der Waals surface area contributed by atoms with E-state index in [0.29, 0.717) is 31.2 Å². The summed E-state index contributed by atoms with van der Waals surface area (Å²) in [6, 6.07) is 17.6. The zero-order valence-electron chi connectivity index (χ0n) is 20.2. The predicted molar refractivity (Wildman–Crippen MR) is 139 cm³/mol. The van der Waals surface area contributed by atoms with E-state index in [9.17, 15) is 14.7 Å². The Bertz CT molecular complexity index is 1220. The number of aliphatic hydroxyl groups excluding tert-OH is 1. The van der Waals surface area contributed by atoms with Crippen molar-refractivity contribution in [1.29, 1.82) is 0 Å². The van der Waals surface area contributed by atoms with Crippen LogP contribution in [0.25, 0.3) is 11.3 Å². The molecule has 0 aliphatic carbocycles. The molecule has 0 radical (unpaired) electrons. The maximum atomic E-state index is 12.9. The fourth-order valence-electron chi connectivity index (χ4n) is 5.12. The molecule has 2 aliphatic heterocycles. The summed E-state index contributed by atoms with van der Waals surface area (Å²) in [5.41, 5.74) is 3.19. The van der Waals surface area contributed by atoms with Crippen LogP contribution in [0.4, 0.5) is 9.93 Å². The molecule has 2 fully saturated rings. The first kappa shape index (κ1) is 24.4. The largest absolute Gasteiger partial charge is 0.445 e. The number of hydrogen-bond acceptors (Lipinski definition) is 7. The number of rotatable bonds is 6. The van der Waals surface area contributed by atoms with Gasteiger partial charge in [0.25, 0.3) is 0 Å². The number of nitrogens with zero attached hydrogens (tertiary/aromatic N) is 3. The van der Waals surface area contributed by atoms with Gasteiger partial charge in [-0.15, -0.1) is 11.3 Å². The molecular weight excluding hydrogens is 476 g/mol. The monoisotopic (exact) mass is 506 g/mol. The molecule has 188 valence electrons. The standard InChI is InChI=1S/C27H30N4O4S/c1-19-8-10-21(11-9-19)22-17-36-25(28-22)29-24(33)15-30-14-23(32)27(18-30)12-5-13-31(27)26(34)35-16-20-6-3-2-4-7-20/h2-4,6-11,17,23,32H,5,12-16,18H2,1H3,(H,28,29,33)/t23-,27-/m0/s1. The van der Waals surface area contributed by atoms with Gasteiger partial charge >= 0.3 is 6.09 Å². The van der Waals surface area contributed by atoms with Gasteiger partial charge in [0.15, 0.2) is 5.13 Å². The third-order valence-corrected chi connectivity index (χ3v) is 7.73. The smallest absolute Gasteiger partial charge is 0.410 e. The second-order valence-electron chi connectivity index (χ2n) is 9.54. The van der Waals surface area contributed by atoms with Crippen molar-refractivity contribution in [3.8, 4) is 11.3 Å². The van der Waals surface area contributed by atoms with Crippen LogP contribution >= 0.6 is 11.3 Å². The molecule has 2 saturated heterocycles. The summed E-state index contributed by atoms with van der Waals surface area (Å²) >= 11 is 1.38. The van der Waals surface area contributed by atoms with Gasteiger partial charge in [0.05, 0.1) is 23.9 Å². The van der Waals surface area contributed by atoms with Crippen LogP contribution in [0.5, 0.6) is 0 Å². The Hall–Kier alpha value is -3.27. The number of amides is 2. The Morgan fingerprint density at radius 3 is 2.75 bits per heavy atom. The van der Waals surface area contributed by atoms with Crippen molar-refractivity contribution in [3.63, 3.8) is 0 Å². The minimum absolute atomic E-state index is 0.116. The van der Waals surface area contributed by atoms with Gasteiger partial charge in [-0.25, -0.2) is 9.78 Å². The summed E-state index contributed by atoms with van der Waals surface area (Å²) in [5.74, 6) is -0.194. The topological polar surface area (TPSA) is 95.0 Å². The molecule has 3 aromatic rings. The number of hydrogen-bond donors (Lipinski definition) is 2. The third kappa shape index (κ3) is 5.13. The maximum Gasteiger partial charge on any atom is 0.410 e. The summed E-state index contributed by atoms with van der Waals surface area (Å²) in [4.78, 5) is 33.8. The predicted octanol–water partition coefficient (Wildman–Crippen LogP) is 3.90. The number of ether oxygens (including phenoxy) is 1. The number of aryl methyl sites for hydroxylation is 1. The van der Waals surface area contributed by atoms with E-state index in [2.05, 4.69) is 10.3 Å². The van der Waals surface area contributed by atoms with Crippen molar-refractivity contribution < 1.29 is 19.4 Å². The number of likely N-dealkylation sites (tertiary alicyclic amines) is 2. The lowest BCUT2D eigenvalue weighted by atomic mass is 9.93. The molecule has 9 heteroatoms. The molecule has 0 saturated carbocycles. The summed E-state index contributed by atoms with van der Waals surface area (Å²) in [6.45, 7) is 3.62. The highest BCUT2D eigenvalue weighted by atomic mass is 32.1. The van der Waals surface area contributed by atoms with E-state index in [-0.39, 0.29) is 19.1 Å². The first-order chi connectivity index (χ1) is 17.4. The third-order valence-electron chi connectivity index (χ3n) is 6.97. The molecule has 0 unspecified atom stereocenters. The molecular formula is C27H30N4O4S. The highest BCUT2D eigenvalue weighted by Crippen LogP contribution is 2.38. The number of carbonyl (C=O) groups is 2. The Morgan fingerprint density at radius 2 is 1.97 bits per heavy atom. The van der Waals surface area contributed by atoms with Gasteiger partial charge in [-0.1, -0.05) is 60.2 Å². The van der Waals surface area contributed by atoms with Gasteiger partial charge in [-0.2, -0.15) is 0 Å². The average molecular weight is 507 g/mol. The Morgan fingerprint density at radius 1 is 1.19 bits per heavy atom. The zero-order valence-corrected chi connectivity index (χ0v) is 21.0. The fraction of sp³-hybridized carbons (Fsp3) is 0.370. The molecule has 1 spiro atoms. The highest BCUT2D eigenvalue weighted by Gasteiger charge is 2.54. The van der Waals surface area contributed by atoms with Crippen molar-refractivity contribution in [2.24, 2.45) is 0 Å². The molecule has 1 aromatic heterocycles. The summed E-state index contributed by atoms with van der Waals surface area (Å²) in [5, 5.41) is 16.3. The second kappa shape index (κ2) is 10.4. The number of β-amino-alcohol motifs (C(OH)–C–C–N with tert-alkyl or cyclic N) is 1.